The molecule has 0 N–H and O–H groups in total. The van der Waals surface area contributed by atoms with E-state index in [-0.39, 0.29) is 5.25 Å². The van der Waals surface area contributed by atoms with Gasteiger partial charge in [-0.2, -0.15) is 0 Å². The van der Waals surface area contributed by atoms with Crippen molar-refractivity contribution in [2.24, 2.45) is 0 Å². The lowest BCUT2D eigenvalue weighted by atomic mass is 10.0. The van der Waals surface area contributed by atoms with Gasteiger partial charge in [-0.25, -0.2) is 8.42 Å². The van der Waals surface area contributed by atoms with Crippen molar-refractivity contribution < 1.29 is 8.42 Å². The van der Waals surface area contributed by atoms with Crippen LogP contribution >= 0.6 is 0 Å². The summed E-state index contributed by atoms with van der Waals surface area (Å²) in [5, 5.41) is -0.123. The zero-order valence-electron chi connectivity index (χ0n) is 4.79. The molecule has 2 nitrogen and oxygen atoms in total. The molecule has 1 saturated carbocycles. The summed E-state index contributed by atoms with van der Waals surface area (Å²) in [6.45, 7) is 0. The maximum absolute atomic E-state index is 10.6. The molecule has 0 aromatic heterocycles. The third-order valence-electron chi connectivity index (χ3n) is 1.43. The van der Waals surface area contributed by atoms with E-state index >= 15 is 0 Å². The van der Waals surface area contributed by atoms with Gasteiger partial charge in [-0.05, 0) is 19.3 Å². The van der Waals surface area contributed by atoms with E-state index in [9.17, 15) is 8.42 Å². The standard InChI is InChI=1S/C5H9O2S/c1-8(6,7)5-3-2-4-5/h3,5H,2,4H2,1H3/t5-/m1/s1. The topological polar surface area (TPSA) is 34.1 Å². The number of sulfone groups is 1. The molecular weight excluding hydrogens is 124 g/mol. The Kier molecular flexibility index (Phi) is 1.31. The maximum atomic E-state index is 10.6. The third-order valence-corrected chi connectivity index (χ3v) is 2.96. The van der Waals surface area contributed by atoms with Crippen LogP contribution in [0.3, 0.4) is 0 Å². The summed E-state index contributed by atoms with van der Waals surface area (Å²) in [6.07, 6.45) is 4.93. The van der Waals surface area contributed by atoms with E-state index in [0.717, 1.165) is 12.8 Å². The minimum absolute atomic E-state index is 0.123. The Labute approximate surface area is 49.8 Å². The van der Waals surface area contributed by atoms with Gasteiger partial charge in [0.2, 0.25) is 0 Å². The highest BCUT2D eigenvalue weighted by molar-refractivity contribution is 7.91. The Balaban J connectivity index is 2.60. The lowest BCUT2D eigenvalue weighted by Crippen LogP contribution is -2.27. The monoisotopic (exact) mass is 133 g/mol. The summed E-state index contributed by atoms with van der Waals surface area (Å²) < 4.78 is 21.2. The highest BCUT2D eigenvalue weighted by atomic mass is 32.2. The van der Waals surface area contributed by atoms with Gasteiger partial charge in [0, 0.05) is 6.26 Å². The van der Waals surface area contributed by atoms with Gasteiger partial charge in [-0.1, -0.05) is 0 Å². The first kappa shape index (κ1) is 6.08. The van der Waals surface area contributed by atoms with Crippen molar-refractivity contribution >= 4 is 9.84 Å². The van der Waals surface area contributed by atoms with Crippen molar-refractivity contribution in [3.05, 3.63) is 6.42 Å². The van der Waals surface area contributed by atoms with Crippen molar-refractivity contribution in [1.29, 1.82) is 0 Å². The fraction of sp³-hybridized carbons (Fsp3) is 0.800. The summed E-state index contributed by atoms with van der Waals surface area (Å²) in [5.41, 5.74) is 0. The van der Waals surface area contributed by atoms with Crippen LogP contribution in [-0.4, -0.2) is 19.9 Å². The van der Waals surface area contributed by atoms with Crippen LogP contribution < -0.4 is 0 Å². The maximum Gasteiger partial charge on any atom is 0.150 e. The van der Waals surface area contributed by atoms with E-state index in [1.165, 1.54) is 6.26 Å². The fourth-order valence-electron chi connectivity index (χ4n) is 0.692. The highest BCUT2D eigenvalue weighted by Crippen LogP contribution is 2.23. The Hall–Kier alpha value is -0.0500. The first-order chi connectivity index (χ1) is 3.61. The van der Waals surface area contributed by atoms with E-state index in [1.54, 1.807) is 0 Å². The first-order valence-electron chi connectivity index (χ1n) is 2.63. The largest absolute Gasteiger partial charge is 0.229 e. The lowest BCUT2D eigenvalue weighted by Gasteiger charge is -2.22. The quantitative estimate of drug-likeness (QED) is 0.518. The molecule has 0 aliphatic heterocycles. The second-order valence-corrected chi connectivity index (χ2v) is 4.45. The number of rotatable bonds is 1. The molecule has 1 fully saturated rings. The fourth-order valence-corrected chi connectivity index (χ4v) is 1.74. The number of hydrogen-bond donors (Lipinski definition) is 0. The average molecular weight is 133 g/mol. The highest BCUT2D eigenvalue weighted by Gasteiger charge is 2.27. The molecule has 1 aliphatic rings. The van der Waals surface area contributed by atoms with Crippen molar-refractivity contribution in [1.82, 2.24) is 0 Å². The molecule has 0 amide bonds. The lowest BCUT2D eigenvalue weighted by molar-refractivity contribution is 0.558. The van der Waals surface area contributed by atoms with E-state index in [2.05, 4.69) is 0 Å². The van der Waals surface area contributed by atoms with Gasteiger partial charge in [0.25, 0.3) is 0 Å². The van der Waals surface area contributed by atoms with Crippen LogP contribution in [0.25, 0.3) is 0 Å². The van der Waals surface area contributed by atoms with E-state index in [0.29, 0.717) is 0 Å². The molecule has 0 heterocycles. The molecule has 0 unspecified atom stereocenters. The minimum atomic E-state index is -2.72. The van der Waals surface area contributed by atoms with E-state index < -0.39 is 9.84 Å². The smallest absolute Gasteiger partial charge is 0.150 e. The Bertz CT molecular complexity index is 165. The molecule has 0 spiro atoms. The normalized spacial score (nSPS) is 22.6. The molecule has 3 heteroatoms. The minimum Gasteiger partial charge on any atom is -0.229 e. The van der Waals surface area contributed by atoms with Crippen LogP contribution in [0.15, 0.2) is 0 Å². The van der Waals surface area contributed by atoms with Crippen molar-refractivity contribution in [3.63, 3.8) is 0 Å². The van der Waals surface area contributed by atoms with Crippen LogP contribution in [0.1, 0.15) is 12.8 Å². The summed E-state index contributed by atoms with van der Waals surface area (Å²) in [5.74, 6) is 0. The SMILES string of the molecule is CS(=O)(=O)[C@@H]1[CH]CC1. The molecule has 0 aromatic rings. The molecule has 0 aromatic carbocycles. The molecule has 1 rings (SSSR count). The number of hydrogen-bond acceptors (Lipinski definition) is 2. The van der Waals surface area contributed by atoms with Crippen LogP contribution in [0.5, 0.6) is 0 Å². The van der Waals surface area contributed by atoms with E-state index in [1.807, 2.05) is 6.42 Å². The van der Waals surface area contributed by atoms with Crippen molar-refractivity contribution in [2.75, 3.05) is 6.26 Å². The second-order valence-electron chi connectivity index (χ2n) is 2.18. The zero-order chi connectivity index (χ0) is 6.20. The Morgan fingerprint density at radius 1 is 1.62 bits per heavy atom. The van der Waals surface area contributed by atoms with Gasteiger partial charge in [0.1, 0.15) is 0 Å². The van der Waals surface area contributed by atoms with Gasteiger partial charge in [0.05, 0.1) is 5.25 Å². The predicted molar refractivity (Wildman–Crippen MR) is 32.2 cm³/mol. The van der Waals surface area contributed by atoms with Crippen molar-refractivity contribution in [2.45, 2.75) is 18.1 Å². The van der Waals surface area contributed by atoms with Crippen LogP contribution in [0.2, 0.25) is 0 Å². The van der Waals surface area contributed by atoms with Gasteiger partial charge in [-0.15, -0.1) is 0 Å². The predicted octanol–water partition coefficient (Wildman–Crippen LogP) is 0.398. The summed E-state index contributed by atoms with van der Waals surface area (Å²) in [7, 11) is -2.72. The third kappa shape index (κ3) is 1.02. The summed E-state index contributed by atoms with van der Waals surface area (Å²) in [6, 6.07) is 0. The van der Waals surface area contributed by atoms with Gasteiger partial charge >= 0.3 is 0 Å². The van der Waals surface area contributed by atoms with Gasteiger partial charge in [0.15, 0.2) is 9.84 Å². The molecule has 8 heavy (non-hydrogen) atoms. The molecule has 0 bridgehead atoms. The molecule has 47 valence electrons. The summed E-state index contributed by atoms with van der Waals surface area (Å²) >= 11 is 0. The Morgan fingerprint density at radius 2 is 2.12 bits per heavy atom. The summed E-state index contributed by atoms with van der Waals surface area (Å²) in [4.78, 5) is 0. The van der Waals surface area contributed by atoms with Gasteiger partial charge < -0.3 is 0 Å². The van der Waals surface area contributed by atoms with Crippen molar-refractivity contribution in [3.8, 4) is 0 Å². The Morgan fingerprint density at radius 3 is 2.12 bits per heavy atom. The van der Waals surface area contributed by atoms with E-state index in [4.69, 9.17) is 0 Å². The molecule has 1 aliphatic carbocycles. The molecular formula is C5H9O2S. The second kappa shape index (κ2) is 1.72. The van der Waals surface area contributed by atoms with Crippen LogP contribution in [0.4, 0.5) is 0 Å². The molecule has 1 atom stereocenters. The van der Waals surface area contributed by atoms with Crippen LogP contribution in [-0.2, 0) is 9.84 Å². The zero-order valence-corrected chi connectivity index (χ0v) is 5.61. The van der Waals surface area contributed by atoms with Crippen LogP contribution in [0, 0.1) is 6.42 Å². The first-order valence-corrected chi connectivity index (χ1v) is 4.58. The average Bonchev–Trinajstić information content (AvgIpc) is 1.16. The van der Waals surface area contributed by atoms with Gasteiger partial charge in [-0.3, -0.25) is 0 Å². The molecule has 0 saturated heterocycles. The molecule has 1 radical (unpaired) electrons.